The first kappa shape index (κ1) is 15.7. The molecule has 0 aliphatic heterocycles. The smallest absolute Gasteiger partial charge is 0.132 e. The fourth-order valence-electron chi connectivity index (χ4n) is 2.04. The maximum atomic E-state index is 5.78. The van der Waals surface area contributed by atoms with E-state index >= 15 is 0 Å². The third-order valence-electron chi connectivity index (χ3n) is 3.31. The van der Waals surface area contributed by atoms with E-state index in [4.69, 9.17) is 5.73 Å². The highest BCUT2D eigenvalue weighted by Crippen LogP contribution is 2.24. The molecule has 1 heterocycles. The van der Waals surface area contributed by atoms with Crippen LogP contribution in [0.2, 0.25) is 0 Å². The fourth-order valence-corrected chi connectivity index (χ4v) is 2.04. The van der Waals surface area contributed by atoms with E-state index in [1.54, 1.807) is 6.07 Å². The Morgan fingerprint density at radius 2 is 1.95 bits per heavy atom. The molecule has 0 unspecified atom stereocenters. The second-order valence-corrected chi connectivity index (χ2v) is 5.92. The summed E-state index contributed by atoms with van der Waals surface area (Å²) in [6, 6.07) is 1.81. The van der Waals surface area contributed by atoms with Gasteiger partial charge in [0.2, 0.25) is 0 Å². The molecule has 1 aromatic heterocycles. The Balaban J connectivity index is 2.53. The monoisotopic (exact) mass is 264 g/mol. The lowest BCUT2D eigenvalue weighted by molar-refractivity contribution is 0.342. The summed E-state index contributed by atoms with van der Waals surface area (Å²) in [5, 5.41) is 3.40. The first-order valence-corrected chi connectivity index (χ1v) is 7.34. The van der Waals surface area contributed by atoms with Gasteiger partial charge >= 0.3 is 0 Å². The van der Waals surface area contributed by atoms with Crippen LogP contribution in [0.4, 0.5) is 11.6 Å². The van der Waals surface area contributed by atoms with Gasteiger partial charge in [0, 0.05) is 19.0 Å². The van der Waals surface area contributed by atoms with E-state index in [9.17, 15) is 0 Å². The van der Waals surface area contributed by atoms with Gasteiger partial charge in [0.25, 0.3) is 0 Å². The summed E-state index contributed by atoms with van der Waals surface area (Å²) in [4.78, 5) is 8.63. The zero-order valence-corrected chi connectivity index (χ0v) is 12.8. The number of unbranched alkanes of at least 4 members (excludes halogenated alkanes) is 2. The summed E-state index contributed by atoms with van der Waals surface area (Å²) in [5.41, 5.74) is 6.06. The molecule has 0 bridgehead atoms. The van der Waals surface area contributed by atoms with E-state index in [0.717, 1.165) is 24.6 Å². The van der Waals surface area contributed by atoms with Crippen molar-refractivity contribution in [2.45, 2.75) is 59.8 Å². The van der Waals surface area contributed by atoms with Crippen LogP contribution in [0.15, 0.2) is 6.07 Å². The Morgan fingerprint density at radius 3 is 2.58 bits per heavy atom. The minimum absolute atomic E-state index is 0.279. The second kappa shape index (κ2) is 7.31. The van der Waals surface area contributed by atoms with E-state index in [0.29, 0.717) is 5.82 Å². The highest BCUT2D eigenvalue weighted by atomic mass is 15.0. The van der Waals surface area contributed by atoms with Crippen molar-refractivity contribution < 1.29 is 0 Å². The van der Waals surface area contributed by atoms with Crippen LogP contribution in [-0.4, -0.2) is 16.5 Å². The fraction of sp³-hybridized carbons (Fsp3) is 0.733. The van der Waals surface area contributed by atoms with Crippen LogP contribution in [0.5, 0.6) is 0 Å². The Hall–Kier alpha value is -1.32. The lowest BCUT2D eigenvalue weighted by atomic mass is 9.87. The summed E-state index contributed by atoms with van der Waals surface area (Å²) < 4.78 is 0. The third-order valence-corrected chi connectivity index (χ3v) is 3.31. The first-order valence-electron chi connectivity index (χ1n) is 7.34. The molecule has 108 valence electrons. The van der Waals surface area contributed by atoms with Crippen molar-refractivity contribution in [1.82, 2.24) is 9.97 Å². The summed E-state index contributed by atoms with van der Waals surface area (Å²) in [6.45, 7) is 9.77. The van der Waals surface area contributed by atoms with Gasteiger partial charge in [-0.3, -0.25) is 0 Å². The highest BCUT2D eigenvalue weighted by molar-refractivity contribution is 5.44. The molecule has 1 rings (SSSR count). The molecule has 0 aliphatic rings. The summed E-state index contributed by atoms with van der Waals surface area (Å²) in [6.07, 6.45) is 5.90. The van der Waals surface area contributed by atoms with Crippen molar-refractivity contribution in [2.75, 3.05) is 17.6 Å². The number of nitrogens with zero attached hydrogens (tertiary/aromatic N) is 2. The van der Waals surface area contributed by atoms with Crippen molar-refractivity contribution >= 4 is 11.6 Å². The van der Waals surface area contributed by atoms with Gasteiger partial charge in [0.1, 0.15) is 17.5 Å². The van der Waals surface area contributed by atoms with Gasteiger partial charge in [-0.15, -0.1) is 0 Å². The maximum absolute atomic E-state index is 5.78. The molecule has 4 heteroatoms. The number of hydrogen-bond donors (Lipinski definition) is 2. The summed E-state index contributed by atoms with van der Waals surface area (Å²) >= 11 is 0. The van der Waals surface area contributed by atoms with Crippen LogP contribution >= 0.6 is 0 Å². The molecule has 0 radical (unpaired) electrons. The average Bonchev–Trinajstić information content (AvgIpc) is 2.36. The Morgan fingerprint density at radius 1 is 1.21 bits per heavy atom. The number of nitrogens with one attached hydrogen (secondary N) is 1. The zero-order chi connectivity index (χ0) is 14.3. The molecule has 0 saturated carbocycles. The minimum Gasteiger partial charge on any atom is -0.384 e. The number of hydrogen-bond acceptors (Lipinski definition) is 4. The quantitative estimate of drug-likeness (QED) is 0.704. The molecule has 0 saturated heterocycles. The van der Waals surface area contributed by atoms with Gasteiger partial charge in [-0.1, -0.05) is 47.0 Å². The van der Waals surface area contributed by atoms with E-state index in [1.165, 1.54) is 25.7 Å². The van der Waals surface area contributed by atoms with Crippen molar-refractivity contribution in [2.24, 2.45) is 5.41 Å². The highest BCUT2D eigenvalue weighted by Gasteiger charge is 2.17. The molecule has 0 atom stereocenters. The molecule has 1 aromatic rings. The topological polar surface area (TPSA) is 63.8 Å². The average molecular weight is 264 g/mol. The molecule has 0 fully saturated rings. The molecule has 0 spiro atoms. The lowest BCUT2D eigenvalue weighted by Gasteiger charge is -2.25. The predicted octanol–water partition coefficient (Wildman–Crippen LogP) is 3.64. The van der Waals surface area contributed by atoms with Crippen molar-refractivity contribution in [3.8, 4) is 0 Å². The molecule has 19 heavy (non-hydrogen) atoms. The Bertz CT molecular complexity index is 388. The maximum Gasteiger partial charge on any atom is 0.132 e. The van der Waals surface area contributed by atoms with E-state index < -0.39 is 0 Å². The Labute approximate surface area is 117 Å². The minimum atomic E-state index is 0.279. The van der Waals surface area contributed by atoms with E-state index in [1.807, 2.05) is 6.92 Å². The SMILES string of the molecule is CCCCCC(C)(C)CNc1cc(N)nc(CC)n1. The molecule has 0 aromatic carbocycles. The predicted molar refractivity (Wildman–Crippen MR) is 82.2 cm³/mol. The number of nitrogen functional groups attached to an aromatic ring is 1. The van der Waals surface area contributed by atoms with Gasteiger partial charge in [-0.05, 0) is 11.8 Å². The molecule has 4 nitrogen and oxygen atoms in total. The summed E-state index contributed by atoms with van der Waals surface area (Å²) in [7, 11) is 0. The van der Waals surface area contributed by atoms with E-state index in [-0.39, 0.29) is 5.41 Å². The second-order valence-electron chi connectivity index (χ2n) is 5.92. The number of nitrogens with two attached hydrogens (primary N) is 1. The summed E-state index contributed by atoms with van der Waals surface area (Å²) in [5.74, 6) is 2.18. The van der Waals surface area contributed by atoms with Crippen LogP contribution in [0.25, 0.3) is 0 Å². The normalized spacial score (nSPS) is 11.6. The molecule has 0 amide bonds. The van der Waals surface area contributed by atoms with Gasteiger partial charge in [0.05, 0.1) is 0 Å². The number of rotatable bonds is 8. The van der Waals surface area contributed by atoms with Crippen molar-refractivity contribution in [3.05, 3.63) is 11.9 Å². The van der Waals surface area contributed by atoms with Crippen molar-refractivity contribution in [3.63, 3.8) is 0 Å². The molecular weight excluding hydrogens is 236 g/mol. The van der Waals surface area contributed by atoms with Gasteiger partial charge in [0.15, 0.2) is 0 Å². The number of anilines is 2. The number of aryl methyl sites for hydroxylation is 1. The lowest BCUT2D eigenvalue weighted by Crippen LogP contribution is -2.23. The standard InChI is InChI=1S/C15H28N4/c1-5-7-8-9-15(3,4)11-17-14-10-12(16)18-13(6-2)19-14/h10H,5-9,11H2,1-4H3,(H3,16,17,18,19). The first-order chi connectivity index (χ1) is 8.96. The van der Waals surface area contributed by atoms with Gasteiger partial charge in [-0.25, -0.2) is 9.97 Å². The van der Waals surface area contributed by atoms with Gasteiger partial charge < -0.3 is 11.1 Å². The molecule has 0 aliphatic carbocycles. The van der Waals surface area contributed by atoms with Crippen molar-refractivity contribution in [1.29, 1.82) is 0 Å². The molecular formula is C15H28N4. The van der Waals surface area contributed by atoms with Crippen LogP contribution in [0, 0.1) is 5.41 Å². The van der Waals surface area contributed by atoms with Crippen LogP contribution in [0.1, 0.15) is 59.2 Å². The van der Waals surface area contributed by atoms with Gasteiger partial charge in [-0.2, -0.15) is 0 Å². The van der Waals surface area contributed by atoms with Crippen LogP contribution in [-0.2, 0) is 6.42 Å². The Kier molecular flexibility index (Phi) is 6.06. The largest absolute Gasteiger partial charge is 0.384 e. The van der Waals surface area contributed by atoms with Crippen LogP contribution < -0.4 is 11.1 Å². The van der Waals surface area contributed by atoms with Crippen LogP contribution in [0.3, 0.4) is 0 Å². The molecule has 3 N–H and O–H groups in total. The zero-order valence-electron chi connectivity index (χ0n) is 12.8. The van der Waals surface area contributed by atoms with E-state index in [2.05, 4.69) is 36.1 Å². The number of aromatic nitrogens is 2. The third kappa shape index (κ3) is 5.90.